The number of alkyl halides is 1. The molecular weight excluding hydrogens is 224 g/mol. The third-order valence-corrected chi connectivity index (χ3v) is 3.13. The second-order valence-electron chi connectivity index (χ2n) is 2.68. The predicted molar refractivity (Wildman–Crippen MR) is 49.4 cm³/mol. The number of rotatable bonds is 6. The maximum absolute atomic E-state index is 10.4. The maximum Gasteiger partial charge on any atom is 0.303 e. The molecule has 70 valence electrons. The zero-order chi connectivity index (χ0) is 9.56. The second-order valence-corrected chi connectivity index (χ2v) is 3.86. The van der Waals surface area contributed by atoms with E-state index in [0.717, 1.165) is 12.7 Å². The fourth-order valence-corrected chi connectivity index (χ4v) is 1.44. The number of carboxylic acids is 1. The van der Waals surface area contributed by atoms with Gasteiger partial charge in [-0.05, 0) is 12.3 Å². The van der Waals surface area contributed by atoms with Crippen LogP contribution in [0, 0.1) is 5.92 Å². The first kappa shape index (κ1) is 11.6. The van der Waals surface area contributed by atoms with Crippen molar-refractivity contribution in [2.75, 3.05) is 0 Å². The smallest absolute Gasteiger partial charge is 0.303 e. The van der Waals surface area contributed by atoms with Gasteiger partial charge in [0.15, 0.2) is 0 Å². The Morgan fingerprint density at radius 1 is 1.67 bits per heavy atom. The van der Waals surface area contributed by atoms with Gasteiger partial charge in [0.1, 0.15) is 6.29 Å². The van der Waals surface area contributed by atoms with E-state index < -0.39 is 5.97 Å². The van der Waals surface area contributed by atoms with Gasteiger partial charge in [-0.2, -0.15) is 0 Å². The molecule has 3 nitrogen and oxygen atoms in total. The van der Waals surface area contributed by atoms with Gasteiger partial charge < -0.3 is 9.90 Å². The van der Waals surface area contributed by atoms with Crippen LogP contribution in [-0.4, -0.2) is 22.2 Å². The van der Waals surface area contributed by atoms with Crippen molar-refractivity contribution in [3.63, 3.8) is 0 Å². The molecule has 0 aromatic heterocycles. The molecule has 0 amide bonds. The van der Waals surface area contributed by atoms with E-state index in [4.69, 9.17) is 5.11 Å². The molecule has 2 atom stereocenters. The molecule has 0 radical (unpaired) electrons. The first-order valence-corrected chi connectivity index (χ1v) is 4.82. The summed E-state index contributed by atoms with van der Waals surface area (Å²) in [5.41, 5.74) is 0. The van der Waals surface area contributed by atoms with E-state index in [2.05, 4.69) is 15.9 Å². The van der Waals surface area contributed by atoms with Crippen molar-refractivity contribution >= 4 is 28.2 Å². The van der Waals surface area contributed by atoms with Crippen molar-refractivity contribution in [3.05, 3.63) is 0 Å². The first-order valence-electron chi connectivity index (χ1n) is 3.91. The standard InChI is InChI=1S/C8H13BrO3/c1-2-7(9)6(3-4-10)5-8(11)12/h4,6-7H,2-3,5H2,1H3,(H,11,12). The lowest BCUT2D eigenvalue weighted by atomic mass is 9.97. The first-order chi connectivity index (χ1) is 5.61. The average molecular weight is 237 g/mol. The molecule has 2 unspecified atom stereocenters. The molecule has 12 heavy (non-hydrogen) atoms. The fraction of sp³-hybridized carbons (Fsp3) is 0.750. The number of carboxylic acid groups (broad SMARTS) is 1. The highest BCUT2D eigenvalue weighted by molar-refractivity contribution is 9.09. The van der Waals surface area contributed by atoms with Crippen LogP contribution < -0.4 is 0 Å². The van der Waals surface area contributed by atoms with E-state index >= 15 is 0 Å². The summed E-state index contributed by atoms with van der Waals surface area (Å²) < 4.78 is 0. The quantitative estimate of drug-likeness (QED) is 0.566. The largest absolute Gasteiger partial charge is 0.481 e. The monoisotopic (exact) mass is 236 g/mol. The Bertz CT molecular complexity index is 158. The SMILES string of the molecule is CCC(Br)C(CC=O)CC(=O)O. The minimum atomic E-state index is -0.847. The molecule has 0 aliphatic carbocycles. The van der Waals surface area contributed by atoms with Gasteiger partial charge in [0.05, 0.1) is 0 Å². The molecule has 0 saturated heterocycles. The summed E-state index contributed by atoms with van der Waals surface area (Å²) >= 11 is 3.35. The minimum Gasteiger partial charge on any atom is -0.481 e. The van der Waals surface area contributed by atoms with E-state index in [1.165, 1.54) is 0 Å². The lowest BCUT2D eigenvalue weighted by Crippen LogP contribution is -2.18. The van der Waals surface area contributed by atoms with Gasteiger partial charge in [0.25, 0.3) is 0 Å². The number of halogens is 1. The molecule has 0 spiro atoms. The summed E-state index contributed by atoms with van der Waals surface area (Å²) in [4.78, 5) is 20.7. The summed E-state index contributed by atoms with van der Waals surface area (Å²) in [7, 11) is 0. The summed E-state index contributed by atoms with van der Waals surface area (Å²) in [5, 5.41) is 8.52. The van der Waals surface area contributed by atoms with Crippen molar-refractivity contribution in [1.82, 2.24) is 0 Å². The number of aliphatic carboxylic acids is 1. The molecule has 1 N–H and O–H groups in total. The molecule has 0 aromatic rings. The summed E-state index contributed by atoms with van der Waals surface area (Å²) in [6.45, 7) is 1.96. The van der Waals surface area contributed by atoms with E-state index in [1.807, 2.05) is 6.92 Å². The second kappa shape index (κ2) is 6.17. The highest BCUT2D eigenvalue weighted by Crippen LogP contribution is 2.22. The highest BCUT2D eigenvalue weighted by Gasteiger charge is 2.19. The number of aldehydes is 1. The molecule has 0 heterocycles. The molecule has 0 saturated carbocycles. The van der Waals surface area contributed by atoms with Crippen LogP contribution in [-0.2, 0) is 9.59 Å². The molecular formula is C8H13BrO3. The molecule has 0 aliphatic heterocycles. The van der Waals surface area contributed by atoms with Crippen molar-refractivity contribution in [3.8, 4) is 0 Å². The van der Waals surface area contributed by atoms with E-state index in [1.54, 1.807) is 0 Å². The van der Waals surface area contributed by atoms with Crippen molar-refractivity contribution in [2.24, 2.45) is 5.92 Å². The third-order valence-electron chi connectivity index (χ3n) is 1.74. The number of carbonyl (C=O) groups is 2. The van der Waals surface area contributed by atoms with Crippen LogP contribution in [0.2, 0.25) is 0 Å². The Kier molecular flexibility index (Phi) is 5.98. The zero-order valence-electron chi connectivity index (χ0n) is 7.00. The number of carbonyl (C=O) groups excluding carboxylic acids is 1. The van der Waals surface area contributed by atoms with Crippen LogP contribution in [0.4, 0.5) is 0 Å². The van der Waals surface area contributed by atoms with E-state index in [-0.39, 0.29) is 17.2 Å². The van der Waals surface area contributed by atoms with Crippen LogP contribution in [0.25, 0.3) is 0 Å². The number of hydrogen-bond acceptors (Lipinski definition) is 2. The third kappa shape index (κ3) is 4.49. The Hall–Kier alpha value is -0.380. The fourth-order valence-electron chi connectivity index (χ4n) is 1.04. The Labute approximate surface area is 80.3 Å². The molecule has 4 heteroatoms. The van der Waals surface area contributed by atoms with Crippen LogP contribution in [0.1, 0.15) is 26.2 Å². The normalized spacial score (nSPS) is 15.2. The molecule has 0 rings (SSSR count). The lowest BCUT2D eigenvalue weighted by molar-refractivity contribution is -0.138. The molecule has 0 fully saturated rings. The van der Waals surface area contributed by atoms with Crippen molar-refractivity contribution in [2.45, 2.75) is 31.0 Å². The summed E-state index contributed by atoms with van der Waals surface area (Å²) in [6.07, 6.45) is 1.99. The van der Waals surface area contributed by atoms with Gasteiger partial charge in [-0.1, -0.05) is 22.9 Å². The van der Waals surface area contributed by atoms with Gasteiger partial charge in [-0.25, -0.2) is 0 Å². The van der Waals surface area contributed by atoms with Crippen LogP contribution in [0.5, 0.6) is 0 Å². The van der Waals surface area contributed by atoms with Gasteiger partial charge in [-0.3, -0.25) is 4.79 Å². The topological polar surface area (TPSA) is 54.4 Å². The predicted octanol–water partition coefficient (Wildman–Crippen LogP) is 1.84. The van der Waals surface area contributed by atoms with E-state index in [0.29, 0.717) is 6.42 Å². The summed E-state index contributed by atoms with van der Waals surface area (Å²) in [6, 6.07) is 0. The molecule has 0 aromatic carbocycles. The van der Waals surface area contributed by atoms with Gasteiger partial charge in [-0.15, -0.1) is 0 Å². The molecule has 0 bridgehead atoms. The van der Waals surface area contributed by atoms with Gasteiger partial charge in [0.2, 0.25) is 0 Å². The maximum atomic E-state index is 10.4. The van der Waals surface area contributed by atoms with Crippen molar-refractivity contribution < 1.29 is 14.7 Å². The highest BCUT2D eigenvalue weighted by atomic mass is 79.9. The summed E-state index contributed by atoms with van der Waals surface area (Å²) in [5.74, 6) is -0.926. The average Bonchev–Trinajstić information content (AvgIpc) is 2.01. The Morgan fingerprint density at radius 3 is 2.58 bits per heavy atom. The Morgan fingerprint density at radius 2 is 2.25 bits per heavy atom. The van der Waals surface area contributed by atoms with Crippen LogP contribution in [0.15, 0.2) is 0 Å². The van der Waals surface area contributed by atoms with Gasteiger partial charge in [0, 0.05) is 17.7 Å². The molecule has 0 aliphatic rings. The van der Waals surface area contributed by atoms with Crippen LogP contribution in [0.3, 0.4) is 0 Å². The van der Waals surface area contributed by atoms with Gasteiger partial charge >= 0.3 is 5.97 Å². The zero-order valence-corrected chi connectivity index (χ0v) is 8.58. The minimum absolute atomic E-state index is 0.0580. The van der Waals surface area contributed by atoms with E-state index in [9.17, 15) is 9.59 Å². The number of hydrogen-bond donors (Lipinski definition) is 1. The van der Waals surface area contributed by atoms with Crippen LogP contribution >= 0.6 is 15.9 Å². The lowest BCUT2D eigenvalue weighted by Gasteiger charge is -2.16. The Balaban J connectivity index is 4.01. The van der Waals surface area contributed by atoms with Crippen molar-refractivity contribution in [1.29, 1.82) is 0 Å².